The first-order chi connectivity index (χ1) is 7.13. The van der Waals surface area contributed by atoms with Gasteiger partial charge in [-0.2, -0.15) is 5.26 Å². The summed E-state index contributed by atoms with van der Waals surface area (Å²) in [5, 5.41) is 12.5. The molecule has 1 aliphatic carbocycles. The van der Waals surface area contributed by atoms with Crippen LogP contribution < -0.4 is 5.32 Å². The smallest absolute Gasteiger partial charge is 0.0981 e. The molecule has 0 radical (unpaired) electrons. The normalized spacial score (nSPS) is 28.7. The van der Waals surface area contributed by atoms with Crippen molar-refractivity contribution >= 4 is 0 Å². The maximum absolute atomic E-state index is 9.14. The standard InChI is InChI=1S/C13H24N2/c1-10(2)9-15-13(8-14)12-6-4-11(3)5-7-12/h10-13,15H,4-7,9H2,1-3H3. The second-order valence-electron chi connectivity index (χ2n) is 5.43. The molecule has 0 spiro atoms. The Bertz CT molecular complexity index is 209. The van der Waals surface area contributed by atoms with Crippen LogP contribution in [0.2, 0.25) is 0 Å². The Kier molecular flexibility index (Phi) is 5.11. The Morgan fingerprint density at radius 1 is 1.27 bits per heavy atom. The molecular formula is C13H24N2. The molecule has 1 fully saturated rings. The summed E-state index contributed by atoms with van der Waals surface area (Å²) in [6, 6.07) is 2.51. The van der Waals surface area contributed by atoms with Crippen molar-refractivity contribution in [2.24, 2.45) is 17.8 Å². The van der Waals surface area contributed by atoms with Crippen molar-refractivity contribution in [2.75, 3.05) is 6.54 Å². The highest BCUT2D eigenvalue weighted by Crippen LogP contribution is 2.30. The lowest BCUT2D eigenvalue weighted by atomic mass is 9.79. The van der Waals surface area contributed by atoms with Gasteiger partial charge in [0.25, 0.3) is 0 Å². The predicted molar refractivity (Wildman–Crippen MR) is 63.4 cm³/mol. The minimum atomic E-state index is 0.0832. The second kappa shape index (κ2) is 6.12. The van der Waals surface area contributed by atoms with Crippen LogP contribution in [-0.2, 0) is 0 Å². The van der Waals surface area contributed by atoms with E-state index in [1.54, 1.807) is 0 Å². The number of rotatable bonds is 4. The van der Waals surface area contributed by atoms with Gasteiger partial charge in [-0.25, -0.2) is 0 Å². The number of nitriles is 1. The van der Waals surface area contributed by atoms with Gasteiger partial charge in [0.15, 0.2) is 0 Å². The van der Waals surface area contributed by atoms with Crippen LogP contribution in [0, 0.1) is 29.1 Å². The molecule has 0 aliphatic heterocycles. The summed E-state index contributed by atoms with van der Waals surface area (Å²) in [7, 11) is 0. The number of hydrogen-bond acceptors (Lipinski definition) is 2. The average Bonchev–Trinajstić information content (AvgIpc) is 2.21. The zero-order valence-corrected chi connectivity index (χ0v) is 10.3. The van der Waals surface area contributed by atoms with E-state index in [0.29, 0.717) is 11.8 Å². The van der Waals surface area contributed by atoms with E-state index in [4.69, 9.17) is 5.26 Å². The summed E-state index contributed by atoms with van der Waals surface area (Å²) in [6.07, 6.45) is 5.05. The molecule has 0 aromatic rings. The summed E-state index contributed by atoms with van der Waals surface area (Å²) in [5.74, 6) is 2.08. The lowest BCUT2D eigenvalue weighted by Gasteiger charge is -2.30. The molecule has 0 amide bonds. The van der Waals surface area contributed by atoms with E-state index in [-0.39, 0.29) is 6.04 Å². The minimum absolute atomic E-state index is 0.0832. The maximum atomic E-state index is 9.14. The van der Waals surface area contributed by atoms with E-state index in [0.717, 1.165) is 12.5 Å². The van der Waals surface area contributed by atoms with E-state index < -0.39 is 0 Å². The quantitative estimate of drug-likeness (QED) is 0.771. The summed E-state index contributed by atoms with van der Waals surface area (Å²) in [6.45, 7) is 7.65. The second-order valence-corrected chi connectivity index (χ2v) is 5.43. The fourth-order valence-electron chi connectivity index (χ4n) is 2.30. The lowest BCUT2D eigenvalue weighted by Crippen LogP contribution is -2.38. The van der Waals surface area contributed by atoms with Crippen LogP contribution in [0.4, 0.5) is 0 Å². The lowest BCUT2D eigenvalue weighted by molar-refractivity contribution is 0.252. The van der Waals surface area contributed by atoms with Crippen LogP contribution in [-0.4, -0.2) is 12.6 Å². The molecule has 2 heteroatoms. The van der Waals surface area contributed by atoms with Crippen molar-refractivity contribution in [1.29, 1.82) is 5.26 Å². The minimum Gasteiger partial charge on any atom is -0.301 e. The zero-order valence-electron chi connectivity index (χ0n) is 10.3. The van der Waals surface area contributed by atoms with Gasteiger partial charge in [0.2, 0.25) is 0 Å². The first kappa shape index (κ1) is 12.5. The van der Waals surface area contributed by atoms with Gasteiger partial charge in [-0.3, -0.25) is 0 Å². The van der Waals surface area contributed by atoms with Crippen molar-refractivity contribution in [3.8, 4) is 6.07 Å². The van der Waals surface area contributed by atoms with Gasteiger partial charge in [-0.05, 0) is 37.1 Å². The van der Waals surface area contributed by atoms with Crippen molar-refractivity contribution in [2.45, 2.75) is 52.5 Å². The fraction of sp³-hybridized carbons (Fsp3) is 0.923. The first-order valence-electron chi connectivity index (χ1n) is 6.26. The number of nitrogens with one attached hydrogen (secondary N) is 1. The molecule has 0 aromatic heterocycles. The third kappa shape index (κ3) is 4.22. The van der Waals surface area contributed by atoms with Gasteiger partial charge < -0.3 is 5.32 Å². The Labute approximate surface area is 94.1 Å². The van der Waals surface area contributed by atoms with Gasteiger partial charge in [-0.1, -0.05) is 33.6 Å². The first-order valence-corrected chi connectivity index (χ1v) is 6.26. The average molecular weight is 208 g/mol. The SMILES string of the molecule is CC(C)CNC(C#N)C1CCC(C)CC1. The van der Waals surface area contributed by atoms with Gasteiger partial charge in [0, 0.05) is 0 Å². The van der Waals surface area contributed by atoms with Gasteiger partial charge in [-0.15, -0.1) is 0 Å². The third-order valence-electron chi connectivity index (χ3n) is 3.42. The monoisotopic (exact) mass is 208 g/mol. The largest absolute Gasteiger partial charge is 0.301 e. The third-order valence-corrected chi connectivity index (χ3v) is 3.42. The van der Waals surface area contributed by atoms with Crippen LogP contribution in [0.5, 0.6) is 0 Å². The van der Waals surface area contributed by atoms with Crippen LogP contribution in [0.1, 0.15) is 46.5 Å². The number of hydrogen-bond donors (Lipinski definition) is 1. The molecule has 0 heterocycles. The van der Waals surface area contributed by atoms with E-state index in [1.165, 1.54) is 25.7 Å². The van der Waals surface area contributed by atoms with Crippen LogP contribution in [0.15, 0.2) is 0 Å². The van der Waals surface area contributed by atoms with Crippen LogP contribution >= 0.6 is 0 Å². The molecular weight excluding hydrogens is 184 g/mol. The Balaban J connectivity index is 2.35. The molecule has 1 saturated carbocycles. The van der Waals surface area contributed by atoms with Gasteiger partial charge in [0.1, 0.15) is 0 Å². The highest BCUT2D eigenvalue weighted by atomic mass is 14.9. The topological polar surface area (TPSA) is 35.8 Å². The fourth-order valence-corrected chi connectivity index (χ4v) is 2.30. The highest BCUT2D eigenvalue weighted by Gasteiger charge is 2.25. The molecule has 1 N–H and O–H groups in total. The van der Waals surface area contributed by atoms with Gasteiger partial charge in [0.05, 0.1) is 12.1 Å². The molecule has 86 valence electrons. The summed E-state index contributed by atoms with van der Waals surface area (Å²) >= 11 is 0. The molecule has 1 aliphatic rings. The maximum Gasteiger partial charge on any atom is 0.0981 e. The Hall–Kier alpha value is -0.550. The van der Waals surface area contributed by atoms with E-state index in [1.807, 2.05) is 0 Å². The highest BCUT2D eigenvalue weighted by molar-refractivity contribution is 4.96. The van der Waals surface area contributed by atoms with E-state index in [2.05, 4.69) is 32.2 Å². The molecule has 0 aromatic carbocycles. The summed E-state index contributed by atoms with van der Waals surface area (Å²) < 4.78 is 0. The molecule has 15 heavy (non-hydrogen) atoms. The number of nitrogens with zero attached hydrogens (tertiary/aromatic N) is 1. The summed E-state index contributed by atoms with van der Waals surface area (Å²) in [5.41, 5.74) is 0. The van der Waals surface area contributed by atoms with Crippen LogP contribution in [0.25, 0.3) is 0 Å². The van der Waals surface area contributed by atoms with Crippen LogP contribution in [0.3, 0.4) is 0 Å². The predicted octanol–water partition coefficient (Wildman–Crippen LogP) is 2.95. The van der Waals surface area contributed by atoms with Crippen molar-refractivity contribution in [1.82, 2.24) is 5.32 Å². The summed E-state index contributed by atoms with van der Waals surface area (Å²) in [4.78, 5) is 0. The molecule has 1 atom stereocenters. The Morgan fingerprint density at radius 2 is 1.87 bits per heavy atom. The zero-order chi connectivity index (χ0) is 11.3. The van der Waals surface area contributed by atoms with Gasteiger partial charge >= 0.3 is 0 Å². The molecule has 1 unspecified atom stereocenters. The molecule has 0 saturated heterocycles. The molecule has 1 rings (SSSR count). The molecule has 0 bridgehead atoms. The van der Waals surface area contributed by atoms with Crippen molar-refractivity contribution in [3.05, 3.63) is 0 Å². The van der Waals surface area contributed by atoms with Crippen molar-refractivity contribution in [3.63, 3.8) is 0 Å². The van der Waals surface area contributed by atoms with Crippen molar-refractivity contribution < 1.29 is 0 Å². The molecule has 2 nitrogen and oxygen atoms in total. The van der Waals surface area contributed by atoms with E-state index in [9.17, 15) is 0 Å². The Morgan fingerprint density at radius 3 is 2.33 bits per heavy atom. The van der Waals surface area contributed by atoms with E-state index >= 15 is 0 Å².